The van der Waals surface area contributed by atoms with Crippen LogP contribution in [0.1, 0.15) is 130 Å². The van der Waals surface area contributed by atoms with Crippen LogP contribution in [0.15, 0.2) is 22.3 Å². The molecular formula is C32H57NOSi. The zero-order chi connectivity index (χ0) is 25.6. The van der Waals surface area contributed by atoms with E-state index in [1.807, 2.05) is 0 Å². The molecule has 0 aromatic heterocycles. The fraction of sp³-hybridized carbons (Fsp3) is 0.844. The van der Waals surface area contributed by atoms with Crippen LogP contribution in [0.2, 0.25) is 18.6 Å². The lowest BCUT2D eigenvalue weighted by molar-refractivity contribution is -0.128. The van der Waals surface area contributed by atoms with E-state index in [4.69, 9.17) is 5.73 Å². The standard InChI is InChI=1S/C32H57NOSi/c1-7-10-12-14-15-17-18-27-23(4)29(26(9-3)28(27)19-16-13-11-8-2)32(31(33)34)25-21-20-24(22-25)30(32)35(5)6/h23-25,30,35H,7-22H2,1-6H3,(H2,33,34). The van der Waals surface area contributed by atoms with Crippen LogP contribution in [0.4, 0.5) is 0 Å². The summed E-state index contributed by atoms with van der Waals surface area (Å²) >= 11 is 0. The fourth-order valence-corrected chi connectivity index (χ4v) is 12.0. The molecule has 0 heterocycles. The van der Waals surface area contributed by atoms with E-state index in [2.05, 4.69) is 40.8 Å². The molecule has 2 saturated carbocycles. The lowest BCUT2D eigenvalue weighted by Crippen LogP contribution is -2.50. The SMILES string of the molecule is CCCCCCCCC1=C(CCCCCC)C(CC)=C(C2(C(N)=O)C3CCC(C3)C2[SiH](C)C)C1C. The van der Waals surface area contributed by atoms with Gasteiger partial charge in [0.05, 0.1) is 5.41 Å². The number of nitrogens with two attached hydrogens (primary N) is 1. The average Bonchev–Trinajstić information content (AvgIpc) is 3.50. The zero-order valence-electron chi connectivity index (χ0n) is 24.2. The summed E-state index contributed by atoms with van der Waals surface area (Å²) in [6, 6.07) is 0. The molecule has 2 N–H and O–H groups in total. The van der Waals surface area contributed by atoms with Gasteiger partial charge in [-0.3, -0.25) is 4.79 Å². The van der Waals surface area contributed by atoms with E-state index in [9.17, 15) is 4.79 Å². The van der Waals surface area contributed by atoms with Crippen LogP contribution in [0.25, 0.3) is 0 Å². The Bertz CT molecular complexity index is 780. The summed E-state index contributed by atoms with van der Waals surface area (Å²) in [5.41, 5.74) is 13.3. The van der Waals surface area contributed by atoms with Crippen LogP contribution in [0, 0.1) is 23.2 Å². The minimum atomic E-state index is -1.04. The van der Waals surface area contributed by atoms with Crippen molar-refractivity contribution in [3.63, 3.8) is 0 Å². The number of amides is 1. The zero-order valence-corrected chi connectivity index (χ0v) is 25.3. The largest absolute Gasteiger partial charge is 0.369 e. The molecule has 0 spiro atoms. The number of primary amides is 1. The highest BCUT2D eigenvalue weighted by atomic mass is 28.3. The molecule has 0 aliphatic heterocycles. The molecule has 3 rings (SSSR count). The second-order valence-electron chi connectivity index (χ2n) is 12.6. The number of allylic oxidation sites excluding steroid dienone is 3. The Labute approximate surface area is 219 Å². The van der Waals surface area contributed by atoms with Gasteiger partial charge in [-0.05, 0) is 79.0 Å². The summed E-state index contributed by atoms with van der Waals surface area (Å²) < 4.78 is 0. The van der Waals surface area contributed by atoms with Gasteiger partial charge in [0, 0.05) is 14.7 Å². The van der Waals surface area contributed by atoms with Crippen molar-refractivity contribution >= 4 is 14.7 Å². The van der Waals surface area contributed by atoms with Gasteiger partial charge in [-0.15, -0.1) is 0 Å². The van der Waals surface area contributed by atoms with Crippen molar-refractivity contribution in [3.05, 3.63) is 22.3 Å². The second kappa shape index (κ2) is 13.1. The maximum atomic E-state index is 13.7. The molecule has 2 fully saturated rings. The molecule has 35 heavy (non-hydrogen) atoms. The number of hydrogen-bond acceptors (Lipinski definition) is 1. The Morgan fingerprint density at radius 3 is 2.09 bits per heavy atom. The molecule has 3 aliphatic rings. The molecule has 0 aromatic rings. The highest BCUT2D eigenvalue weighted by Crippen LogP contribution is 2.70. The molecule has 200 valence electrons. The molecule has 5 atom stereocenters. The van der Waals surface area contributed by atoms with Gasteiger partial charge in [-0.25, -0.2) is 0 Å². The lowest BCUT2D eigenvalue weighted by atomic mass is 9.63. The Morgan fingerprint density at radius 1 is 0.886 bits per heavy atom. The lowest BCUT2D eigenvalue weighted by Gasteiger charge is -2.47. The normalized spacial score (nSPS) is 30.4. The summed E-state index contributed by atoms with van der Waals surface area (Å²) in [5.74, 6) is 1.70. The van der Waals surface area contributed by atoms with E-state index >= 15 is 0 Å². The fourth-order valence-electron chi connectivity index (χ4n) is 8.94. The first-order valence-corrected chi connectivity index (χ1v) is 18.6. The van der Waals surface area contributed by atoms with Crippen molar-refractivity contribution in [2.24, 2.45) is 28.9 Å². The third-order valence-corrected chi connectivity index (χ3v) is 12.7. The molecular weight excluding hydrogens is 442 g/mol. The summed E-state index contributed by atoms with van der Waals surface area (Å²) in [7, 11) is -1.04. The number of carbonyl (C=O) groups is 1. The molecule has 1 amide bonds. The van der Waals surface area contributed by atoms with Crippen molar-refractivity contribution in [1.82, 2.24) is 0 Å². The van der Waals surface area contributed by atoms with Gasteiger partial charge in [0.15, 0.2) is 0 Å². The van der Waals surface area contributed by atoms with Crippen LogP contribution in [0.3, 0.4) is 0 Å². The van der Waals surface area contributed by atoms with Crippen LogP contribution >= 0.6 is 0 Å². The van der Waals surface area contributed by atoms with Gasteiger partial charge in [-0.1, -0.05) is 104 Å². The van der Waals surface area contributed by atoms with Crippen molar-refractivity contribution in [2.75, 3.05) is 0 Å². The summed E-state index contributed by atoms with van der Waals surface area (Å²) in [5, 5.41) is 0. The topological polar surface area (TPSA) is 43.1 Å². The van der Waals surface area contributed by atoms with E-state index in [0.717, 1.165) is 12.3 Å². The molecule has 5 unspecified atom stereocenters. The minimum absolute atomic E-state index is 0.0369. The Hall–Kier alpha value is -0.833. The smallest absolute Gasteiger partial charge is 0.228 e. The predicted octanol–water partition coefficient (Wildman–Crippen LogP) is 9.12. The number of carbonyl (C=O) groups excluding carboxylic acids is 1. The third-order valence-electron chi connectivity index (χ3n) is 10.2. The Kier molecular flexibility index (Phi) is 10.8. The Balaban J connectivity index is 1.96. The molecule has 3 aliphatic carbocycles. The molecule has 0 radical (unpaired) electrons. The van der Waals surface area contributed by atoms with Gasteiger partial charge in [0.25, 0.3) is 0 Å². The summed E-state index contributed by atoms with van der Waals surface area (Å²) in [4.78, 5) is 13.7. The maximum Gasteiger partial charge on any atom is 0.228 e. The van der Waals surface area contributed by atoms with Crippen LogP contribution in [-0.4, -0.2) is 14.7 Å². The van der Waals surface area contributed by atoms with E-state index in [0.29, 0.717) is 17.4 Å². The minimum Gasteiger partial charge on any atom is -0.369 e. The van der Waals surface area contributed by atoms with Crippen LogP contribution in [0.5, 0.6) is 0 Å². The van der Waals surface area contributed by atoms with Crippen molar-refractivity contribution in [1.29, 1.82) is 0 Å². The molecule has 3 heteroatoms. The highest BCUT2D eigenvalue weighted by molar-refractivity contribution is 6.58. The van der Waals surface area contributed by atoms with Gasteiger partial charge in [0.1, 0.15) is 0 Å². The number of rotatable bonds is 16. The third kappa shape index (κ3) is 5.55. The Morgan fingerprint density at radius 2 is 1.49 bits per heavy atom. The first-order valence-electron chi connectivity index (χ1n) is 15.6. The number of hydrogen-bond donors (Lipinski definition) is 1. The highest BCUT2D eigenvalue weighted by Gasteiger charge is 2.65. The average molecular weight is 500 g/mol. The molecule has 2 bridgehead atoms. The van der Waals surface area contributed by atoms with Crippen molar-refractivity contribution in [2.45, 2.75) is 149 Å². The quantitative estimate of drug-likeness (QED) is 0.167. The first kappa shape index (κ1) is 28.7. The maximum absolute atomic E-state index is 13.7. The van der Waals surface area contributed by atoms with Crippen LogP contribution in [-0.2, 0) is 4.79 Å². The van der Waals surface area contributed by atoms with Crippen LogP contribution < -0.4 is 5.73 Å². The number of unbranched alkanes of at least 4 members (excludes halogenated alkanes) is 8. The molecule has 0 aromatic carbocycles. The van der Waals surface area contributed by atoms with Crippen molar-refractivity contribution in [3.8, 4) is 0 Å². The van der Waals surface area contributed by atoms with E-state index in [1.54, 1.807) is 16.7 Å². The molecule has 2 nitrogen and oxygen atoms in total. The van der Waals surface area contributed by atoms with Gasteiger partial charge >= 0.3 is 0 Å². The summed E-state index contributed by atoms with van der Waals surface area (Å²) in [6.07, 6.45) is 20.7. The monoisotopic (exact) mass is 499 g/mol. The number of fused-ring (bicyclic) bond motifs is 2. The van der Waals surface area contributed by atoms with E-state index in [1.165, 1.54) is 102 Å². The van der Waals surface area contributed by atoms with Crippen molar-refractivity contribution < 1.29 is 4.79 Å². The van der Waals surface area contributed by atoms with E-state index in [-0.39, 0.29) is 11.3 Å². The predicted molar refractivity (Wildman–Crippen MR) is 155 cm³/mol. The van der Waals surface area contributed by atoms with E-state index < -0.39 is 8.80 Å². The first-order chi connectivity index (χ1) is 16.9. The van der Waals surface area contributed by atoms with Gasteiger partial charge in [0.2, 0.25) is 5.91 Å². The second-order valence-corrected chi connectivity index (χ2v) is 15.8. The van der Waals surface area contributed by atoms with Gasteiger partial charge < -0.3 is 5.73 Å². The summed E-state index contributed by atoms with van der Waals surface area (Å²) in [6.45, 7) is 14.4. The van der Waals surface area contributed by atoms with Gasteiger partial charge in [-0.2, -0.15) is 0 Å². The molecule has 0 saturated heterocycles.